The van der Waals surface area contributed by atoms with Crippen LogP contribution < -0.4 is 0 Å². The Hall–Kier alpha value is -2.81. The molecule has 4 aliphatic carbocycles. The fraction of sp³-hybridized carbons (Fsp3) is 0.500. The van der Waals surface area contributed by atoms with Crippen LogP contribution in [0.25, 0.3) is 10.2 Å². The highest BCUT2D eigenvalue weighted by atomic mass is 32.2. The van der Waals surface area contributed by atoms with E-state index in [1.54, 1.807) is 23.5 Å². The predicted octanol–water partition coefficient (Wildman–Crippen LogP) is 7.36. The van der Waals surface area contributed by atoms with Crippen LogP contribution in [0.2, 0.25) is 0 Å². The van der Waals surface area contributed by atoms with Gasteiger partial charge in [-0.05, 0) is 99.0 Å². The molecule has 0 amide bonds. The summed E-state index contributed by atoms with van der Waals surface area (Å²) in [5.41, 5.74) is 1.25. The van der Waals surface area contributed by atoms with E-state index < -0.39 is 23.1 Å². The number of thioether (sulfide) groups is 1. The molecule has 6 nitrogen and oxygen atoms in total. The van der Waals surface area contributed by atoms with Crippen molar-refractivity contribution in [3.05, 3.63) is 71.3 Å². The van der Waals surface area contributed by atoms with Gasteiger partial charge in [0.25, 0.3) is 0 Å². The number of benzene rings is 2. The third-order valence-corrected chi connectivity index (χ3v) is 13.8. The van der Waals surface area contributed by atoms with E-state index in [0.29, 0.717) is 24.8 Å². The number of fused-ring (bicyclic) bond motifs is 6. The number of carbonyl (C=O) groups is 3. The van der Waals surface area contributed by atoms with Gasteiger partial charge < -0.3 is 9.84 Å². The van der Waals surface area contributed by atoms with Crippen LogP contribution in [-0.4, -0.2) is 45.1 Å². The summed E-state index contributed by atoms with van der Waals surface area (Å²) in [5, 5.41) is 12.0. The Bertz CT molecular complexity index is 1650. The lowest BCUT2D eigenvalue weighted by Gasteiger charge is -2.60. The fourth-order valence-corrected chi connectivity index (χ4v) is 11.5. The number of allylic oxidation sites excluding steroid dienone is 1. The van der Waals surface area contributed by atoms with E-state index in [4.69, 9.17) is 9.72 Å². The molecule has 2 aromatic carbocycles. The monoisotopic (exact) mass is 629 g/mol. The third kappa shape index (κ3) is 4.62. The first-order chi connectivity index (χ1) is 21.0. The lowest BCUT2D eigenvalue weighted by atomic mass is 9.45. The van der Waals surface area contributed by atoms with Gasteiger partial charge in [0.2, 0.25) is 0 Å². The van der Waals surface area contributed by atoms with E-state index in [2.05, 4.69) is 13.8 Å². The normalized spacial score (nSPS) is 34.5. The van der Waals surface area contributed by atoms with Crippen molar-refractivity contribution in [3.8, 4) is 0 Å². The Kier molecular flexibility index (Phi) is 7.41. The number of aryl methyl sites for hydroxylation is 1. The fourth-order valence-electron chi connectivity index (χ4n) is 9.42. The maximum Gasteiger partial charge on any atom is 0.339 e. The molecular weight excluding hydrogens is 591 g/mol. The van der Waals surface area contributed by atoms with E-state index in [1.807, 2.05) is 49.4 Å². The Morgan fingerprint density at radius 3 is 2.61 bits per heavy atom. The van der Waals surface area contributed by atoms with Crippen molar-refractivity contribution in [2.45, 2.75) is 81.8 Å². The molecule has 0 spiro atoms. The molecular formula is C36H39NO5S2. The van der Waals surface area contributed by atoms with Crippen molar-refractivity contribution < 1.29 is 24.2 Å². The minimum atomic E-state index is -1.35. The number of aliphatic hydroxyl groups is 1. The zero-order valence-corrected chi connectivity index (χ0v) is 27.1. The zero-order chi connectivity index (χ0) is 30.9. The molecule has 8 heteroatoms. The molecule has 7 atom stereocenters. The Morgan fingerprint density at radius 2 is 1.84 bits per heavy atom. The first-order valence-electron chi connectivity index (χ1n) is 15.8. The van der Waals surface area contributed by atoms with Gasteiger partial charge >= 0.3 is 5.97 Å². The molecule has 0 radical (unpaired) electrons. The van der Waals surface area contributed by atoms with Crippen LogP contribution in [0, 0.1) is 35.5 Å². The van der Waals surface area contributed by atoms with Gasteiger partial charge in [-0.15, -0.1) is 11.3 Å². The minimum Gasteiger partial charge on any atom is -0.447 e. The number of aliphatic hydroxyl groups excluding tert-OH is 1. The summed E-state index contributed by atoms with van der Waals surface area (Å²) in [4.78, 5) is 45.4. The van der Waals surface area contributed by atoms with Gasteiger partial charge in [-0.25, -0.2) is 9.78 Å². The number of para-hydroxylation sites is 1. The lowest BCUT2D eigenvalue weighted by molar-refractivity contribution is -0.180. The summed E-state index contributed by atoms with van der Waals surface area (Å²) in [6.45, 7) is 6.29. The van der Waals surface area contributed by atoms with E-state index in [-0.39, 0.29) is 40.5 Å². The number of ketones is 2. The van der Waals surface area contributed by atoms with E-state index >= 15 is 0 Å². The summed E-state index contributed by atoms with van der Waals surface area (Å²) in [6.07, 6.45) is 5.73. The number of thiazole rings is 1. The van der Waals surface area contributed by atoms with Crippen LogP contribution in [0.4, 0.5) is 0 Å². The molecule has 0 aliphatic heterocycles. The first kappa shape index (κ1) is 29.9. The average Bonchev–Trinajstić information content (AvgIpc) is 3.55. The van der Waals surface area contributed by atoms with Crippen LogP contribution >= 0.6 is 23.1 Å². The Labute approximate surface area is 266 Å². The average molecular weight is 630 g/mol. The molecule has 0 bridgehead atoms. The predicted molar refractivity (Wildman–Crippen MR) is 173 cm³/mol. The van der Waals surface area contributed by atoms with Gasteiger partial charge in [-0.2, -0.15) is 0 Å². The van der Waals surface area contributed by atoms with Gasteiger partial charge in [0, 0.05) is 11.8 Å². The van der Waals surface area contributed by atoms with E-state index in [0.717, 1.165) is 45.8 Å². The maximum atomic E-state index is 14.6. The quantitative estimate of drug-likeness (QED) is 0.225. The summed E-state index contributed by atoms with van der Waals surface area (Å²) in [5.74, 6) is 0.0463. The molecule has 5 unspecified atom stereocenters. The molecule has 1 aromatic heterocycles. The number of rotatable bonds is 6. The SMILES string of the molecule is Cc1ccc(C(=O)O[C@]2(C(=O)CSc3nc4ccccc4s3)CCC3C4CCC5=CC(=O)CCC5(C)C4[C@@H](O)CC32C)cc1. The number of ether oxygens (including phenoxy) is 1. The highest BCUT2D eigenvalue weighted by Crippen LogP contribution is 2.68. The van der Waals surface area contributed by atoms with Gasteiger partial charge in [-0.1, -0.05) is 61.0 Å². The summed E-state index contributed by atoms with van der Waals surface area (Å²) >= 11 is 2.97. The lowest BCUT2D eigenvalue weighted by Crippen LogP contribution is -2.63. The smallest absolute Gasteiger partial charge is 0.339 e. The zero-order valence-electron chi connectivity index (χ0n) is 25.5. The third-order valence-electron chi connectivity index (χ3n) is 11.6. The molecule has 230 valence electrons. The number of hydrogen-bond acceptors (Lipinski definition) is 8. The van der Waals surface area contributed by atoms with Crippen molar-refractivity contribution in [2.75, 3.05) is 5.75 Å². The topological polar surface area (TPSA) is 93.6 Å². The second kappa shape index (κ2) is 10.9. The number of Topliss-reactive ketones (excluding diaryl/α,β-unsaturated/α-hetero) is 1. The van der Waals surface area contributed by atoms with Crippen molar-refractivity contribution in [3.63, 3.8) is 0 Å². The number of hydrogen-bond donors (Lipinski definition) is 1. The molecule has 0 saturated heterocycles. The Balaban J connectivity index is 1.23. The number of nitrogens with zero attached hydrogens (tertiary/aromatic N) is 1. The molecule has 3 saturated carbocycles. The number of esters is 1. The number of aromatic nitrogens is 1. The largest absolute Gasteiger partial charge is 0.447 e. The Morgan fingerprint density at radius 1 is 1.07 bits per heavy atom. The highest BCUT2D eigenvalue weighted by Gasteiger charge is 2.70. The van der Waals surface area contributed by atoms with Crippen LogP contribution in [0.15, 0.2) is 64.5 Å². The molecule has 3 fully saturated rings. The second-order valence-corrected chi connectivity index (χ2v) is 16.1. The minimum absolute atomic E-state index is 0.0181. The van der Waals surface area contributed by atoms with Crippen molar-refractivity contribution in [1.82, 2.24) is 4.98 Å². The standard InChI is InChI=1S/C36H39NO5S2/c1-21-8-10-22(11-9-21)32(41)42-36(30(40)20-43-33-37-27-6-4-5-7-29(27)44-33)17-15-26-25-13-12-23-18-24(38)14-16-34(23,2)31(25)28(39)19-35(26,36)3/h4-11,18,25-26,28,31,39H,12-17,19-20H2,1-3H3/t25?,26?,28-,31?,34?,35?,36-/m0/s1. The van der Waals surface area contributed by atoms with Crippen molar-refractivity contribution in [1.29, 1.82) is 0 Å². The molecule has 3 aromatic rings. The highest BCUT2D eigenvalue weighted by molar-refractivity contribution is 8.01. The van der Waals surface area contributed by atoms with Gasteiger partial charge in [-0.3, -0.25) is 9.59 Å². The van der Waals surface area contributed by atoms with Crippen LogP contribution in [0.5, 0.6) is 0 Å². The molecule has 4 aliphatic rings. The van der Waals surface area contributed by atoms with Crippen LogP contribution in [0.1, 0.15) is 74.7 Å². The van der Waals surface area contributed by atoms with Gasteiger partial charge in [0.15, 0.2) is 21.5 Å². The number of carbonyl (C=O) groups excluding carboxylic acids is 3. The van der Waals surface area contributed by atoms with Crippen molar-refractivity contribution in [2.24, 2.45) is 28.6 Å². The molecule has 7 rings (SSSR count). The van der Waals surface area contributed by atoms with E-state index in [1.165, 1.54) is 17.3 Å². The summed E-state index contributed by atoms with van der Waals surface area (Å²) in [6, 6.07) is 15.2. The van der Waals surface area contributed by atoms with Crippen LogP contribution in [-0.2, 0) is 14.3 Å². The first-order valence-corrected chi connectivity index (χ1v) is 17.6. The molecule has 1 N–H and O–H groups in total. The van der Waals surface area contributed by atoms with Gasteiger partial charge in [0.05, 0.1) is 27.6 Å². The molecule has 1 heterocycles. The summed E-state index contributed by atoms with van der Waals surface area (Å²) in [7, 11) is 0. The van der Waals surface area contributed by atoms with E-state index in [9.17, 15) is 19.5 Å². The van der Waals surface area contributed by atoms with Crippen LogP contribution in [0.3, 0.4) is 0 Å². The maximum absolute atomic E-state index is 14.6. The molecule has 44 heavy (non-hydrogen) atoms. The second-order valence-electron chi connectivity index (χ2n) is 13.9. The van der Waals surface area contributed by atoms with Gasteiger partial charge in [0.1, 0.15) is 0 Å². The van der Waals surface area contributed by atoms with Crippen molar-refractivity contribution >= 4 is 50.9 Å². The summed E-state index contributed by atoms with van der Waals surface area (Å²) < 4.78 is 8.38.